The van der Waals surface area contributed by atoms with Crippen LogP contribution in [0.25, 0.3) is 0 Å². The Balaban J connectivity index is 1.69. The molecule has 0 aliphatic heterocycles. The van der Waals surface area contributed by atoms with E-state index < -0.39 is 0 Å². The lowest BCUT2D eigenvalue weighted by Crippen LogP contribution is -2.24. The SMILES string of the molecule is COC(COCCOCCOCCOCCOCCOCCOCCOCCO)CC1CCCCC1. The molecule has 1 aliphatic carbocycles. The predicted molar refractivity (Wildman–Crippen MR) is 136 cm³/mol. The fourth-order valence-corrected chi connectivity index (χ4v) is 3.85. The summed E-state index contributed by atoms with van der Waals surface area (Å²) in [6.45, 7) is 8.40. The van der Waals surface area contributed by atoms with Gasteiger partial charge in [-0.25, -0.2) is 0 Å². The molecule has 0 saturated heterocycles. The Labute approximate surface area is 218 Å². The highest BCUT2D eigenvalue weighted by atomic mass is 16.6. The molecule has 1 N–H and O–H groups in total. The molecule has 0 aromatic rings. The van der Waals surface area contributed by atoms with E-state index in [1.807, 2.05) is 0 Å². The van der Waals surface area contributed by atoms with Gasteiger partial charge in [-0.15, -0.1) is 0 Å². The van der Waals surface area contributed by atoms with E-state index in [9.17, 15) is 0 Å². The Morgan fingerprint density at radius 2 is 0.889 bits per heavy atom. The van der Waals surface area contributed by atoms with E-state index >= 15 is 0 Å². The Hall–Kier alpha value is -0.400. The lowest BCUT2D eigenvalue weighted by Gasteiger charge is -2.25. The first-order valence-electron chi connectivity index (χ1n) is 13.6. The van der Waals surface area contributed by atoms with Crippen molar-refractivity contribution in [1.82, 2.24) is 0 Å². The van der Waals surface area contributed by atoms with Gasteiger partial charge in [0.15, 0.2) is 0 Å². The summed E-state index contributed by atoms with van der Waals surface area (Å²) in [5, 5.41) is 8.56. The molecule has 0 aromatic heterocycles. The monoisotopic (exact) mass is 524 g/mol. The molecule has 10 heteroatoms. The van der Waals surface area contributed by atoms with Gasteiger partial charge in [-0.2, -0.15) is 0 Å². The molecular formula is C26H52O10. The normalized spacial score (nSPS) is 15.5. The van der Waals surface area contributed by atoms with Crippen LogP contribution in [-0.4, -0.2) is 131 Å². The van der Waals surface area contributed by atoms with Crippen LogP contribution in [0.3, 0.4) is 0 Å². The third-order valence-electron chi connectivity index (χ3n) is 5.80. The van der Waals surface area contributed by atoms with Crippen LogP contribution in [0, 0.1) is 5.92 Å². The number of rotatable bonds is 28. The minimum absolute atomic E-state index is 0.0327. The standard InChI is InChI=1S/C26H52O10/c1-28-26(23-25-5-3-2-4-6-25)24-36-22-21-35-20-19-34-18-17-33-16-15-32-14-13-31-12-11-30-10-9-29-8-7-27/h25-27H,2-24H2,1H3. The molecule has 0 spiro atoms. The summed E-state index contributed by atoms with van der Waals surface area (Å²) in [6.07, 6.45) is 8.06. The number of methoxy groups -OCH3 is 1. The first-order chi connectivity index (χ1) is 17.9. The predicted octanol–water partition coefficient (Wildman–Crippen LogP) is 2.10. The first kappa shape index (κ1) is 33.6. The van der Waals surface area contributed by atoms with Crippen molar-refractivity contribution in [2.75, 3.05) is 119 Å². The number of hydrogen-bond acceptors (Lipinski definition) is 10. The van der Waals surface area contributed by atoms with Crippen LogP contribution in [0.2, 0.25) is 0 Å². The fourth-order valence-electron chi connectivity index (χ4n) is 3.85. The summed E-state index contributed by atoms with van der Waals surface area (Å²) in [5.74, 6) is 0.795. The average Bonchev–Trinajstić information content (AvgIpc) is 2.91. The molecule has 1 unspecified atom stereocenters. The zero-order valence-electron chi connectivity index (χ0n) is 22.5. The maximum Gasteiger partial charge on any atom is 0.0807 e. The van der Waals surface area contributed by atoms with Crippen molar-refractivity contribution in [3.05, 3.63) is 0 Å². The molecule has 0 bridgehead atoms. The van der Waals surface area contributed by atoms with Gasteiger partial charge in [-0.3, -0.25) is 0 Å². The molecule has 0 aromatic carbocycles. The number of hydrogen-bond donors (Lipinski definition) is 1. The van der Waals surface area contributed by atoms with Crippen LogP contribution < -0.4 is 0 Å². The molecule has 0 radical (unpaired) electrons. The Morgan fingerprint density at radius 1 is 0.528 bits per heavy atom. The molecule has 0 heterocycles. The molecule has 1 atom stereocenters. The highest BCUT2D eigenvalue weighted by Crippen LogP contribution is 2.27. The summed E-state index contributed by atoms with van der Waals surface area (Å²) in [6, 6.07) is 0. The summed E-state index contributed by atoms with van der Waals surface area (Å²) in [7, 11) is 1.78. The van der Waals surface area contributed by atoms with Crippen molar-refractivity contribution < 1.29 is 47.7 Å². The fraction of sp³-hybridized carbons (Fsp3) is 1.00. The van der Waals surface area contributed by atoms with Gasteiger partial charge < -0.3 is 47.7 Å². The quantitative estimate of drug-likeness (QED) is 0.153. The molecule has 1 aliphatic rings. The van der Waals surface area contributed by atoms with Crippen molar-refractivity contribution in [3.8, 4) is 0 Å². The summed E-state index contributed by atoms with van der Waals surface area (Å²) in [4.78, 5) is 0. The zero-order chi connectivity index (χ0) is 25.8. The van der Waals surface area contributed by atoms with Crippen molar-refractivity contribution in [2.45, 2.75) is 44.6 Å². The lowest BCUT2D eigenvalue weighted by molar-refractivity contribution is -0.0358. The third kappa shape index (κ3) is 22.8. The van der Waals surface area contributed by atoms with Gasteiger partial charge in [0.2, 0.25) is 0 Å². The van der Waals surface area contributed by atoms with Crippen LogP contribution >= 0.6 is 0 Å². The molecule has 36 heavy (non-hydrogen) atoms. The maximum atomic E-state index is 8.56. The second-order valence-corrected chi connectivity index (χ2v) is 8.68. The molecule has 1 fully saturated rings. The lowest BCUT2D eigenvalue weighted by atomic mass is 9.85. The zero-order valence-corrected chi connectivity index (χ0v) is 22.5. The van der Waals surface area contributed by atoms with Gasteiger partial charge in [0, 0.05) is 7.11 Å². The van der Waals surface area contributed by atoms with Crippen LogP contribution in [-0.2, 0) is 42.6 Å². The molecule has 1 rings (SSSR count). The number of aliphatic hydroxyl groups is 1. The Kier molecular flexibility index (Phi) is 25.8. The molecule has 0 amide bonds. The summed E-state index contributed by atoms with van der Waals surface area (Å²) in [5.41, 5.74) is 0. The second kappa shape index (κ2) is 27.6. The van der Waals surface area contributed by atoms with Crippen LogP contribution in [0.5, 0.6) is 0 Å². The minimum Gasteiger partial charge on any atom is -0.394 e. The van der Waals surface area contributed by atoms with Crippen molar-refractivity contribution >= 4 is 0 Å². The average molecular weight is 525 g/mol. The van der Waals surface area contributed by atoms with Crippen molar-refractivity contribution in [2.24, 2.45) is 5.92 Å². The van der Waals surface area contributed by atoms with Crippen molar-refractivity contribution in [3.63, 3.8) is 0 Å². The van der Waals surface area contributed by atoms with Gasteiger partial charge in [-0.1, -0.05) is 32.1 Å². The third-order valence-corrected chi connectivity index (χ3v) is 5.80. The molecular weight excluding hydrogens is 472 g/mol. The summed E-state index contributed by atoms with van der Waals surface area (Å²) < 4.78 is 49.1. The second-order valence-electron chi connectivity index (χ2n) is 8.68. The summed E-state index contributed by atoms with van der Waals surface area (Å²) >= 11 is 0. The van der Waals surface area contributed by atoms with E-state index in [2.05, 4.69) is 0 Å². The minimum atomic E-state index is 0.0327. The number of ether oxygens (including phenoxy) is 9. The Bertz CT molecular complexity index is 424. The van der Waals surface area contributed by atoms with Gasteiger partial charge in [0.05, 0.1) is 118 Å². The largest absolute Gasteiger partial charge is 0.394 e. The maximum absolute atomic E-state index is 8.56. The van der Waals surface area contributed by atoms with E-state index in [0.717, 1.165) is 12.3 Å². The highest BCUT2D eigenvalue weighted by molar-refractivity contribution is 4.70. The van der Waals surface area contributed by atoms with E-state index in [-0.39, 0.29) is 12.7 Å². The van der Waals surface area contributed by atoms with E-state index in [0.29, 0.717) is 106 Å². The van der Waals surface area contributed by atoms with E-state index in [1.165, 1.54) is 32.1 Å². The molecule has 216 valence electrons. The highest BCUT2D eigenvalue weighted by Gasteiger charge is 2.18. The van der Waals surface area contributed by atoms with Crippen LogP contribution in [0.4, 0.5) is 0 Å². The Morgan fingerprint density at radius 3 is 1.25 bits per heavy atom. The first-order valence-corrected chi connectivity index (χ1v) is 13.6. The number of aliphatic hydroxyl groups excluding tert-OH is 1. The van der Waals surface area contributed by atoms with Gasteiger partial charge in [0.25, 0.3) is 0 Å². The topological polar surface area (TPSA) is 103 Å². The van der Waals surface area contributed by atoms with Gasteiger partial charge in [0.1, 0.15) is 0 Å². The smallest absolute Gasteiger partial charge is 0.0807 e. The van der Waals surface area contributed by atoms with E-state index in [4.69, 9.17) is 47.7 Å². The van der Waals surface area contributed by atoms with Gasteiger partial charge in [-0.05, 0) is 12.3 Å². The van der Waals surface area contributed by atoms with E-state index in [1.54, 1.807) is 7.11 Å². The van der Waals surface area contributed by atoms with Crippen LogP contribution in [0.1, 0.15) is 38.5 Å². The molecule has 1 saturated carbocycles. The van der Waals surface area contributed by atoms with Crippen LogP contribution in [0.15, 0.2) is 0 Å². The van der Waals surface area contributed by atoms with Crippen molar-refractivity contribution in [1.29, 1.82) is 0 Å². The van der Waals surface area contributed by atoms with Gasteiger partial charge >= 0.3 is 0 Å². The molecule has 10 nitrogen and oxygen atoms in total.